The number of hydrogen-bond donors (Lipinski definition) is 0. The van der Waals surface area contributed by atoms with Crippen molar-refractivity contribution in [3.63, 3.8) is 0 Å². The lowest BCUT2D eigenvalue weighted by atomic mass is 10.3. The molecule has 0 N–H and O–H groups in total. The topological polar surface area (TPSA) is 38.7 Å². The van der Waals surface area contributed by atoms with E-state index >= 15 is 0 Å². The SMILES string of the molecule is C=CCOC(=O)CC(C)=NC(C)C. The van der Waals surface area contributed by atoms with Crippen molar-refractivity contribution in [2.75, 3.05) is 6.61 Å². The first-order chi connectivity index (χ1) is 6.06. The molecular weight excluding hydrogens is 166 g/mol. The minimum Gasteiger partial charge on any atom is -0.461 e. The van der Waals surface area contributed by atoms with Crippen LogP contribution >= 0.6 is 0 Å². The Labute approximate surface area is 79.5 Å². The van der Waals surface area contributed by atoms with Gasteiger partial charge in [0.05, 0.1) is 6.42 Å². The third-order valence-electron chi connectivity index (χ3n) is 1.24. The quantitative estimate of drug-likeness (QED) is 0.371. The van der Waals surface area contributed by atoms with Gasteiger partial charge in [0.2, 0.25) is 0 Å². The van der Waals surface area contributed by atoms with E-state index in [-0.39, 0.29) is 25.0 Å². The van der Waals surface area contributed by atoms with Crippen molar-refractivity contribution >= 4 is 11.7 Å². The van der Waals surface area contributed by atoms with Gasteiger partial charge in [-0.1, -0.05) is 12.7 Å². The van der Waals surface area contributed by atoms with Crippen LogP contribution in [0.15, 0.2) is 17.6 Å². The van der Waals surface area contributed by atoms with E-state index in [1.807, 2.05) is 20.8 Å². The average molecular weight is 183 g/mol. The van der Waals surface area contributed by atoms with Crippen LogP contribution in [-0.4, -0.2) is 24.3 Å². The molecule has 0 rings (SSSR count). The van der Waals surface area contributed by atoms with E-state index < -0.39 is 0 Å². The molecule has 3 nitrogen and oxygen atoms in total. The minimum absolute atomic E-state index is 0.229. The fourth-order valence-electron chi connectivity index (χ4n) is 0.898. The van der Waals surface area contributed by atoms with Crippen LogP contribution in [0.25, 0.3) is 0 Å². The number of rotatable bonds is 5. The Morgan fingerprint density at radius 3 is 2.69 bits per heavy atom. The van der Waals surface area contributed by atoms with E-state index in [2.05, 4.69) is 11.6 Å². The molecule has 0 amide bonds. The van der Waals surface area contributed by atoms with Crippen LogP contribution in [0.5, 0.6) is 0 Å². The van der Waals surface area contributed by atoms with Gasteiger partial charge in [-0.15, -0.1) is 0 Å². The Morgan fingerprint density at radius 2 is 2.23 bits per heavy atom. The van der Waals surface area contributed by atoms with Crippen molar-refractivity contribution in [1.29, 1.82) is 0 Å². The van der Waals surface area contributed by atoms with Crippen molar-refractivity contribution in [1.82, 2.24) is 0 Å². The van der Waals surface area contributed by atoms with E-state index in [1.54, 1.807) is 6.08 Å². The van der Waals surface area contributed by atoms with Crippen LogP contribution in [0, 0.1) is 0 Å². The Balaban J connectivity index is 3.84. The summed E-state index contributed by atoms with van der Waals surface area (Å²) in [6, 6.07) is 0.229. The molecule has 0 aromatic carbocycles. The molecular formula is C10H17NO2. The Hall–Kier alpha value is -1.12. The average Bonchev–Trinajstić information content (AvgIpc) is 1.98. The summed E-state index contributed by atoms with van der Waals surface area (Å²) in [4.78, 5) is 15.3. The van der Waals surface area contributed by atoms with E-state index in [0.717, 1.165) is 5.71 Å². The van der Waals surface area contributed by atoms with Crippen molar-refractivity contribution in [3.05, 3.63) is 12.7 Å². The summed E-state index contributed by atoms with van der Waals surface area (Å²) in [5.41, 5.74) is 0.809. The number of aliphatic imine (C=N–C) groups is 1. The molecule has 0 aromatic rings. The van der Waals surface area contributed by atoms with Gasteiger partial charge in [-0.2, -0.15) is 0 Å². The Bertz CT molecular complexity index is 207. The summed E-state index contributed by atoms with van der Waals surface area (Å²) >= 11 is 0. The van der Waals surface area contributed by atoms with Crippen LogP contribution in [0.3, 0.4) is 0 Å². The number of carbonyl (C=O) groups is 1. The molecule has 0 bridgehead atoms. The van der Waals surface area contributed by atoms with Gasteiger partial charge in [0.25, 0.3) is 0 Å². The summed E-state index contributed by atoms with van der Waals surface area (Å²) in [7, 11) is 0. The van der Waals surface area contributed by atoms with E-state index in [9.17, 15) is 4.79 Å². The first-order valence-electron chi connectivity index (χ1n) is 4.36. The van der Waals surface area contributed by atoms with Crippen molar-refractivity contribution in [3.8, 4) is 0 Å². The zero-order chi connectivity index (χ0) is 10.3. The van der Waals surface area contributed by atoms with Crippen LogP contribution in [0.2, 0.25) is 0 Å². The Morgan fingerprint density at radius 1 is 1.62 bits per heavy atom. The summed E-state index contributed by atoms with van der Waals surface area (Å²) in [5, 5.41) is 0. The molecule has 0 aliphatic rings. The lowest BCUT2D eigenvalue weighted by molar-refractivity contribution is -0.140. The first-order valence-corrected chi connectivity index (χ1v) is 4.36. The number of hydrogen-bond acceptors (Lipinski definition) is 3. The number of ether oxygens (including phenoxy) is 1. The monoisotopic (exact) mass is 183 g/mol. The highest BCUT2D eigenvalue weighted by Gasteiger charge is 2.04. The normalized spacial score (nSPS) is 11.5. The predicted molar refractivity (Wildman–Crippen MR) is 54.0 cm³/mol. The lowest BCUT2D eigenvalue weighted by Gasteiger charge is -2.03. The van der Waals surface area contributed by atoms with Crippen molar-refractivity contribution < 1.29 is 9.53 Å². The Kier molecular flexibility index (Phi) is 5.85. The standard InChI is InChI=1S/C10H17NO2/c1-5-6-13-10(12)7-9(4)11-8(2)3/h5,8H,1,6-7H2,2-4H3. The third kappa shape index (κ3) is 7.25. The summed E-state index contributed by atoms with van der Waals surface area (Å²) in [5.74, 6) is -0.248. The molecule has 0 spiro atoms. The third-order valence-corrected chi connectivity index (χ3v) is 1.24. The van der Waals surface area contributed by atoms with Gasteiger partial charge in [0.1, 0.15) is 6.61 Å². The summed E-state index contributed by atoms with van der Waals surface area (Å²) < 4.78 is 4.81. The molecule has 0 heterocycles. The highest BCUT2D eigenvalue weighted by atomic mass is 16.5. The zero-order valence-electron chi connectivity index (χ0n) is 8.54. The van der Waals surface area contributed by atoms with E-state index in [1.165, 1.54) is 0 Å². The van der Waals surface area contributed by atoms with Gasteiger partial charge in [0, 0.05) is 11.8 Å². The molecule has 13 heavy (non-hydrogen) atoms. The van der Waals surface area contributed by atoms with Gasteiger partial charge in [-0.25, -0.2) is 0 Å². The van der Waals surface area contributed by atoms with Gasteiger partial charge >= 0.3 is 5.97 Å². The molecule has 0 saturated heterocycles. The van der Waals surface area contributed by atoms with Crippen LogP contribution in [0.1, 0.15) is 27.2 Å². The maximum atomic E-state index is 11.0. The molecule has 3 heteroatoms. The second-order valence-electron chi connectivity index (χ2n) is 3.11. The molecule has 74 valence electrons. The summed E-state index contributed by atoms with van der Waals surface area (Å²) in [6.45, 7) is 9.49. The largest absolute Gasteiger partial charge is 0.461 e. The van der Waals surface area contributed by atoms with E-state index in [0.29, 0.717) is 0 Å². The molecule has 0 aliphatic carbocycles. The molecule has 0 aliphatic heterocycles. The second-order valence-corrected chi connectivity index (χ2v) is 3.11. The first kappa shape index (κ1) is 11.9. The fraction of sp³-hybridized carbons (Fsp3) is 0.600. The highest BCUT2D eigenvalue weighted by molar-refractivity contribution is 5.97. The molecule has 0 unspecified atom stereocenters. The van der Waals surface area contributed by atoms with Gasteiger partial charge in [-0.3, -0.25) is 9.79 Å². The maximum Gasteiger partial charge on any atom is 0.311 e. The number of carbonyl (C=O) groups excluding carboxylic acids is 1. The van der Waals surface area contributed by atoms with E-state index in [4.69, 9.17) is 4.74 Å². The predicted octanol–water partition coefficient (Wildman–Crippen LogP) is 1.98. The molecule has 0 fully saturated rings. The number of esters is 1. The zero-order valence-corrected chi connectivity index (χ0v) is 8.54. The van der Waals surface area contributed by atoms with Crippen LogP contribution in [-0.2, 0) is 9.53 Å². The molecule has 0 aromatic heterocycles. The second kappa shape index (κ2) is 6.40. The number of nitrogens with zero attached hydrogens (tertiary/aromatic N) is 1. The van der Waals surface area contributed by atoms with Gasteiger partial charge < -0.3 is 4.74 Å². The smallest absolute Gasteiger partial charge is 0.311 e. The lowest BCUT2D eigenvalue weighted by Crippen LogP contribution is -2.10. The molecule has 0 atom stereocenters. The van der Waals surface area contributed by atoms with Gasteiger partial charge in [0.15, 0.2) is 0 Å². The van der Waals surface area contributed by atoms with Crippen molar-refractivity contribution in [2.24, 2.45) is 4.99 Å². The molecule has 0 saturated carbocycles. The van der Waals surface area contributed by atoms with Gasteiger partial charge in [-0.05, 0) is 20.8 Å². The maximum absolute atomic E-state index is 11.0. The van der Waals surface area contributed by atoms with Crippen LogP contribution in [0.4, 0.5) is 0 Å². The fourth-order valence-corrected chi connectivity index (χ4v) is 0.898. The van der Waals surface area contributed by atoms with Crippen molar-refractivity contribution in [2.45, 2.75) is 33.2 Å². The van der Waals surface area contributed by atoms with Crippen LogP contribution < -0.4 is 0 Å². The highest BCUT2D eigenvalue weighted by Crippen LogP contribution is 1.95. The minimum atomic E-state index is -0.248. The molecule has 0 radical (unpaired) electrons. The summed E-state index contributed by atoms with van der Waals surface area (Å²) in [6.07, 6.45) is 1.82.